The second-order valence-corrected chi connectivity index (χ2v) is 7.57. The van der Waals surface area contributed by atoms with Gasteiger partial charge in [-0.2, -0.15) is 0 Å². The van der Waals surface area contributed by atoms with Crippen LogP contribution in [-0.2, 0) is 13.0 Å². The first-order chi connectivity index (χ1) is 14.1. The number of rotatable bonds is 6. The quantitative estimate of drug-likeness (QED) is 0.573. The van der Waals surface area contributed by atoms with E-state index in [1.807, 2.05) is 42.0 Å². The van der Waals surface area contributed by atoms with Gasteiger partial charge in [-0.15, -0.1) is 24.8 Å². The summed E-state index contributed by atoms with van der Waals surface area (Å²) in [7, 11) is 0. The molecule has 1 unspecified atom stereocenters. The van der Waals surface area contributed by atoms with E-state index >= 15 is 0 Å². The zero-order valence-electron chi connectivity index (χ0n) is 17.3. The number of benzene rings is 2. The predicted octanol–water partition coefficient (Wildman–Crippen LogP) is 4.25. The van der Waals surface area contributed by atoms with Crippen molar-refractivity contribution in [3.05, 3.63) is 83.2 Å². The maximum atomic E-state index is 14.2. The minimum absolute atomic E-state index is 0. The monoisotopic (exact) mass is 464 g/mol. The topological polar surface area (TPSA) is 59.0 Å². The number of aryl methyl sites for hydroxylation is 1. The van der Waals surface area contributed by atoms with Crippen molar-refractivity contribution >= 4 is 30.7 Å². The van der Waals surface area contributed by atoms with Crippen LogP contribution in [0, 0.1) is 18.7 Å². The van der Waals surface area contributed by atoms with Crippen LogP contribution in [0.1, 0.15) is 33.7 Å². The highest BCUT2D eigenvalue weighted by Crippen LogP contribution is 2.18. The van der Waals surface area contributed by atoms with Crippen LogP contribution in [0.5, 0.6) is 0 Å². The van der Waals surface area contributed by atoms with Crippen LogP contribution in [0.4, 0.5) is 4.39 Å². The third kappa shape index (κ3) is 6.06. The number of halogens is 3. The molecule has 166 valence electrons. The van der Waals surface area contributed by atoms with E-state index in [9.17, 15) is 9.18 Å². The summed E-state index contributed by atoms with van der Waals surface area (Å²) in [6, 6.07) is 12.7. The lowest BCUT2D eigenvalue weighted by Crippen LogP contribution is -2.24. The van der Waals surface area contributed by atoms with Gasteiger partial charge in [0.15, 0.2) is 0 Å². The van der Waals surface area contributed by atoms with Crippen molar-refractivity contribution in [2.24, 2.45) is 5.92 Å². The molecule has 31 heavy (non-hydrogen) atoms. The van der Waals surface area contributed by atoms with Gasteiger partial charge in [0.05, 0.1) is 5.56 Å². The fourth-order valence-corrected chi connectivity index (χ4v) is 3.80. The number of carbonyl (C=O) groups excluding carboxylic acids is 1. The van der Waals surface area contributed by atoms with Crippen molar-refractivity contribution in [2.75, 3.05) is 13.1 Å². The predicted molar refractivity (Wildman–Crippen MR) is 125 cm³/mol. The van der Waals surface area contributed by atoms with E-state index in [1.165, 1.54) is 6.07 Å². The number of hydrogen-bond acceptors (Lipinski definition) is 3. The minimum Gasteiger partial charge on any atom is -0.348 e. The lowest BCUT2D eigenvalue weighted by atomic mass is 9.97. The Labute approximate surface area is 194 Å². The first-order valence-corrected chi connectivity index (χ1v) is 9.97. The summed E-state index contributed by atoms with van der Waals surface area (Å²) in [6.45, 7) is 4.30. The maximum Gasteiger partial charge on any atom is 0.254 e. The summed E-state index contributed by atoms with van der Waals surface area (Å²) >= 11 is 0. The van der Waals surface area contributed by atoms with Crippen molar-refractivity contribution in [1.29, 1.82) is 0 Å². The van der Waals surface area contributed by atoms with E-state index in [2.05, 4.69) is 15.6 Å². The van der Waals surface area contributed by atoms with Gasteiger partial charge in [-0.1, -0.05) is 18.2 Å². The van der Waals surface area contributed by atoms with E-state index in [0.29, 0.717) is 12.5 Å². The van der Waals surface area contributed by atoms with Gasteiger partial charge in [0.25, 0.3) is 5.91 Å². The summed E-state index contributed by atoms with van der Waals surface area (Å²) in [6.07, 6.45) is 5.65. The SMILES string of the molecule is Cc1nccn1-c1ccc(CNC(=O)c2cc(CC3CCNC3)ccc2F)cc1.Cl.Cl. The number of aromatic nitrogens is 2. The second-order valence-electron chi connectivity index (χ2n) is 7.57. The number of amides is 1. The first-order valence-electron chi connectivity index (χ1n) is 9.97. The molecule has 1 aliphatic rings. The molecule has 2 N–H and O–H groups in total. The molecule has 0 aliphatic carbocycles. The third-order valence-corrected chi connectivity index (χ3v) is 5.46. The third-order valence-electron chi connectivity index (χ3n) is 5.46. The first kappa shape index (κ1) is 24.9. The molecule has 3 aromatic rings. The molecule has 1 saturated heterocycles. The Morgan fingerprint density at radius 3 is 2.58 bits per heavy atom. The molecule has 1 fully saturated rings. The van der Waals surface area contributed by atoms with E-state index in [0.717, 1.165) is 48.6 Å². The molecule has 1 aliphatic heterocycles. The van der Waals surface area contributed by atoms with Gasteiger partial charge in [-0.25, -0.2) is 9.37 Å². The Hall–Kier alpha value is -2.41. The van der Waals surface area contributed by atoms with Crippen molar-refractivity contribution in [1.82, 2.24) is 20.2 Å². The molecule has 0 radical (unpaired) electrons. The van der Waals surface area contributed by atoms with Crippen LogP contribution in [0.2, 0.25) is 0 Å². The highest BCUT2D eigenvalue weighted by Gasteiger charge is 2.17. The maximum absolute atomic E-state index is 14.2. The summed E-state index contributed by atoms with van der Waals surface area (Å²) < 4.78 is 16.2. The molecule has 8 heteroatoms. The standard InChI is InChI=1S/C23H25FN4O.2ClH/c1-16-26-10-11-28(16)20-5-2-17(3-6-20)15-27-23(29)21-13-18(4-7-22(21)24)12-19-8-9-25-14-19;;/h2-7,10-11,13,19,25H,8-9,12,14-15H2,1H3,(H,27,29);2*1H. The number of imidazole rings is 1. The molecule has 1 amide bonds. The van der Waals surface area contributed by atoms with Crippen molar-refractivity contribution in [3.63, 3.8) is 0 Å². The Morgan fingerprint density at radius 2 is 1.94 bits per heavy atom. The summed E-state index contributed by atoms with van der Waals surface area (Å²) in [5.74, 6) is 0.592. The minimum atomic E-state index is -0.485. The van der Waals surface area contributed by atoms with Crippen molar-refractivity contribution < 1.29 is 9.18 Å². The molecule has 1 aromatic heterocycles. The van der Waals surface area contributed by atoms with Crippen LogP contribution >= 0.6 is 24.8 Å². The van der Waals surface area contributed by atoms with E-state index in [4.69, 9.17) is 0 Å². The van der Waals surface area contributed by atoms with Crippen LogP contribution in [0.25, 0.3) is 5.69 Å². The zero-order chi connectivity index (χ0) is 20.2. The van der Waals surface area contributed by atoms with Gasteiger partial charge in [-0.3, -0.25) is 4.79 Å². The Kier molecular flexibility index (Phi) is 9.04. The average Bonchev–Trinajstić information content (AvgIpc) is 3.40. The molecular formula is C23H27Cl2FN4O. The molecule has 0 spiro atoms. The van der Waals surface area contributed by atoms with E-state index in [-0.39, 0.29) is 36.3 Å². The van der Waals surface area contributed by atoms with Gasteiger partial charge in [0.1, 0.15) is 11.6 Å². The molecule has 1 atom stereocenters. The van der Waals surface area contributed by atoms with Crippen LogP contribution in [0.3, 0.4) is 0 Å². The smallest absolute Gasteiger partial charge is 0.254 e. The normalized spacial score (nSPS) is 15.1. The molecule has 0 saturated carbocycles. The van der Waals surface area contributed by atoms with E-state index < -0.39 is 5.82 Å². The Morgan fingerprint density at radius 1 is 1.19 bits per heavy atom. The highest BCUT2D eigenvalue weighted by atomic mass is 35.5. The average molecular weight is 465 g/mol. The molecule has 5 nitrogen and oxygen atoms in total. The molecule has 0 bridgehead atoms. The second kappa shape index (κ2) is 11.3. The van der Waals surface area contributed by atoms with E-state index in [1.54, 1.807) is 18.3 Å². The molecular weight excluding hydrogens is 438 g/mol. The molecule has 4 rings (SSSR count). The van der Waals surface area contributed by atoms with Crippen LogP contribution in [0.15, 0.2) is 54.9 Å². The van der Waals surface area contributed by atoms with Crippen molar-refractivity contribution in [3.8, 4) is 5.69 Å². The fourth-order valence-electron chi connectivity index (χ4n) is 3.80. The summed E-state index contributed by atoms with van der Waals surface area (Å²) in [5, 5.41) is 6.17. The number of nitrogens with one attached hydrogen (secondary N) is 2. The van der Waals surface area contributed by atoms with Crippen LogP contribution in [-0.4, -0.2) is 28.5 Å². The number of hydrogen-bond donors (Lipinski definition) is 2. The van der Waals surface area contributed by atoms with Crippen LogP contribution < -0.4 is 10.6 Å². The van der Waals surface area contributed by atoms with Gasteiger partial charge >= 0.3 is 0 Å². The lowest BCUT2D eigenvalue weighted by Gasteiger charge is -2.11. The number of carbonyl (C=O) groups is 1. The highest BCUT2D eigenvalue weighted by molar-refractivity contribution is 5.94. The van der Waals surface area contributed by atoms with Gasteiger partial charge < -0.3 is 15.2 Å². The number of nitrogens with zero attached hydrogens (tertiary/aromatic N) is 2. The van der Waals surface area contributed by atoms with Gasteiger partial charge in [0.2, 0.25) is 0 Å². The Bertz CT molecular complexity index is 1000. The van der Waals surface area contributed by atoms with Crippen molar-refractivity contribution in [2.45, 2.75) is 26.3 Å². The van der Waals surface area contributed by atoms with Gasteiger partial charge in [-0.05, 0) is 74.2 Å². The summed E-state index contributed by atoms with van der Waals surface area (Å²) in [5.41, 5.74) is 3.08. The lowest BCUT2D eigenvalue weighted by molar-refractivity contribution is 0.0946. The summed E-state index contributed by atoms with van der Waals surface area (Å²) in [4.78, 5) is 16.8. The van der Waals surface area contributed by atoms with Gasteiger partial charge in [0, 0.05) is 24.6 Å². The largest absolute Gasteiger partial charge is 0.348 e. The molecule has 2 aromatic carbocycles. The fraction of sp³-hybridized carbons (Fsp3) is 0.304. The zero-order valence-corrected chi connectivity index (χ0v) is 18.9. The Balaban J connectivity index is 0.00000171. The molecule has 2 heterocycles.